The highest BCUT2D eigenvalue weighted by Gasteiger charge is 2.20. The number of hydrogen-bond donors (Lipinski definition) is 1. The van der Waals surface area contributed by atoms with Crippen LogP contribution in [0.5, 0.6) is 0 Å². The zero-order valence-electron chi connectivity index (χ0n) is 18.6. The molecule has 1 heterocycles. The third kappa shape index (κ3) is 5.20. The van der Waals surface area contributed by atoms with E-state index in [0.29, 0.717) is 28.5 Å². The van der Waals surface area contributed by atoms with Gasteiger partial charge >= 0.3 is 0 Å². The van der Waals surface area contributed by atoms with Crippen LogP contribution in [0, 0.1) is 0 Å². The molecule has 174 valence electrons. The zero-order valence-corrected chi connectivity index (χ0v) is 20.2. The first-order valence-electron chi connectivity index (χ1n) is 10.5. The van der Waals surface area contributed by atoms with Crippen LogP contribution in [-0.2, 0) is 16.6 Å². The molecule has 0 saturated heterocycles. The SMILES string of the molecule is CN(C)S(=O)(=O)c1ccc(NC(=O)c2cn(Cc3ccccc3)nc2-c2ccc(Cl)cc2)cc1. The summed E-state index contributed by atoms with van der Waals surface area (Å²) in [5, 5.41) is 8.09. The Morgan fingerprint density at radius 3 is 2.24 bits per heavy atom. The van der Waals surface area contributed by atoms with E-state index >= 15 is 0 Å². The van der Waals surface area contributed by atoms with Crippen LogP contribution in [0.1, 0.15) is 15.9 Å². The van der Waals surface area contributed by atoms with Gasteiger partial charge in [0.1, 0.15) is 5.69 Å². The van der Waals surface area contributed by atoms with Crippen molar-refractivity contribution in [2.24, 2.45) is 0 Å². The molecule has 0 aliphatic rings. The molecule has 0 radical (unpaired) electrons. The monoisotopic (exact) mass is 494 g/mol. The highest BCUT2D eigenvalue weighted by molar-refractivity contribution is 7.89. The molecule has 1 N–H and O–H groups in total. The van der Waals surface area contributed by atoms with Gasteiger partial charge in [-0.3, -0.25) is 9.48 Å². The summed E-state index contributed by atoms with van der Waals surface area (Å²) in [5.74, 6) is -0.354. The predicted molar refractivity (Wildman–Crippen MR) is 133 cm³/mol. The first kappa shape index (κ1) is 23.7. The number of aromatic nitrogens is 2. The Morgan fingerprint density at radius 1 is 0.971 bits per heavy atom. The molecular formula is C25H23ClN4O3S. The molecule has 4 aromatic rings. The number of carbonyl (C=O) groups excluding carboxylic acids is 1. The molecule has 34 heavy (non-hydrogen) atoms. The van der Waals surface area contributed by atoms with Crippen molar-refractivity contribution in [1.82, 2.24) is 14.1 Å². The summed E-state index contributed by atoms with van der Waals surface area (Å²) in [6, 6.07) is 23.0. The van der Waals surface area contributed by atoms with Crippen molar-refractivity contribution in [2.75, 3.05) is 19.4 Å². The maximum Gasteiger partial charge on any atom is 0.259 e. The average molecular weight is 495 g/mol. The van der Waals surface area contributed by atoms with Gasteiger partial charge in [0.25, 0.3) is 5.91 Å². The van der Waals surface area contributed by atoms with Gasteiger partial charge in [-0.1, -0.05) is 54.1 Å². The fraction of sp³-hybridized carbons (Fsp3) is 0.120. The van der Waals surface area contributed by atoms with E-state index in [1.807, 2.05) is 42.5 Å². The molecule has 1 aromatic heterocycles. The zero-order chi connectivity index (χ0) is 24.3. The van der Waals surface area contributed by atoms with E-state index in [4.69, 9.17) is 11.6 Å². The number of carbonyl (C=O) groups is 1. The molecule has 4 rings (SSSR count). The fourth-order valence-corrected chi connectivity index (χ4v) is 4.41. The van der Waals surface area contributed by atoms with Gasteiger partial charge in [0, 0.05) is 36.6 Å². The van der Waals surface area contributed by atoms with Crippen LogP contribution in [0.25, 0.3) is 11.3 Å². The van der Waals surface area contributed by atoms with Crippen LogP contribution in [0.15, 0.2) is 90.0 Å². The van der Waals surface area contributed by atoms with Crippen molar-refractivity contribution in [2.45, 2.75) is 11.4 Å². The summed E-state index contributed by atoms with van der Waals surface area (Å²) in [4.78, 5) is 13.4. The lowest BCUT2D eigenvalue weighted by atomic mass is 10.1. The molecule has 3 aromatic carbocycles. The lowest BCUT2D eigenvalue weighted by Gasteiger charge is -2.12. The second-order valence-corrected chi connectivity index (χ2v) is 10.4. The second-order valence-electron chi connectivity index (χ2n) is 7.85. The minimum Gasteiger partial charge on any atom is -0.322 e. The number of anilines is 1. The normalized spacial score (nSPS) is 11.5. The number of amides is 1. The largest absolute Gasteiger partial charge is 0.322 e. The Hall–Kier alpha value is -3.46. The molecule has 7 nitrogen and oxygen atoms in total. The Kier molecular flexibility index (Phi) is 6.83. The molecule has 9 heteroatoms. The van der Waals surface area contributed by atoms with E-state index in [-0.39, 0.29) is 10.8 Å². The molecule has 0 fully saturated rings. The number of nitrogens with one attached hydrogen (secondary N) is 1. The first-order chi connectivity index (χ1) is 16.2. The molecule has 0 spiro atoms. The Labute approximate surface area is 203 Å². The standard InChI is InChI=1S/C25H23ClN4O3S/c1-29(2)34(32,33)22-14-12-21(13-15-22)27-25(31)23-17-30(16-18-6-4-3-5-7-18)28-24(23)19-8-10-20(26)11-9-19/h3-15,17H,16H2,1-2H3,(H,27,31). The third-order valence-electron chi connectivity index (χ3n) is 5.20. The van der Waals surface area contributed by atoms with Crippen LogP contribution in [-0.4, -0.2) is 42.5 Å². The van der Waals surface area contributed by atoms with E-state index in [2.05, 4.69) is 10.4 Å². The van der Waals surface area contributed by atoms with Gasteiger partial charge < -0.3 is 5.32 Å². The third-order valence-corrected chi connectivity index (χ3v) is 7.28. The molecule has 0 bridgehead atoms. The number of sulfonamides is 1. The van der Waals surface area contributed by atoms with Crippen molar-refractivity contribution in [3.05, 3.63) is 101 Å². The van der Waals surface area contributed by atoms with E-state index in [9.17, 15) is 13.2 Å². The lowest BCUT2D eigenvalue weighted by Crippen LogP contribution is -2.22. The maximum absolute atomic E-state index is 13.2. The van der Waals surface area contributed by atoms with Crippen LogP contribution >= 0.6 is 11.6 Å². The molecule has 0 saturated carbocycles. The molecule has 0 atom stereocenters. The van der Waals surface area contributed by atoms with Gasteiger partial charge in [-0.25, -0.2) is 12.7 Å². The summed E-state index contributed by atoms with van der Waals surface area (Å²) < 4.78 is 27.4. The predicted octanol–water partition coefficient (Wildman–Crippen LogP) is 4.75. The number of hydrogen-bond acceptors (Lipinski definition) is 4. The smallest absolute Gasteiger partial charge is 0.259 e. The van der Waals surface area contributed by atoms with Crippen molar-refractivity contribution < 1.29 is 13.2 Å². The molecule has 0 unspecified atom stereocenters. The Bertz CT molecular complexity index is 1400. The molecule has 0 aliphatic carbocycles. The number of halogens is 1. The molecule has 1 amide bonds. The molecule has 0 aliphatic heterocycles. The average Bonchev–Trinajstić information content (AvgIpc) is 3.24. The second kappa shape index (κ2) is 9.80. The first-order valence-corrected chi connectivity index (χ1v) is 12.3. The quantitative estimate of drug-likeness (QED) is 0.401. The van der Waals surface area contributed by atoms with Gasteiger partial charge in [0.15, 0.2) is 0 Å². The van der Waals surface area contributed by atoms with Crippen LogP contribution in [0.4, 0.5) is 5.69 Å². The molecular weight excluding hydrogens is 472 g/mol. The number of nitrogens with zero attached hydrogens (tertiary/aromatic N) is 3. The van der Waals surface area contributed by atoms with Gasteiger partial charge in [-0.05, 0) is 42.0 Å². The summed E-state index contributed by atoms with van der Waals surface area (Å²) in [7, 11) is -0.613. The summed E-state index contributed by atoms with van der Waals surface area (Å²) in [5.41, 5.74) is 3.20. The highest BCUT2D eigenvalue weighted by atomic mass is 35.5. The van der Waals surface area contributed by atoms with Gasteiger partial charge in [-0.15, -0.1) is 0 Å². The van der Waals surface area contributed by atoms with Crippen molar-refractivity contribution in [3.63, 3.8) is 0 Å². The van der Waals surface area contributed by atoms with Crippen LogP contribution in [0.2, 0.25) is 5.02 Å². The Balaban J connectivity index is 1.64. The topological polar surface area (TPSA) is 84.3 Å². The Morgan fingerprint density at radius 2 is 1.62 bits per heavy atom. The van der Waals surface area contributed by atoms with E-state index in [0.717, 1.165) is 15.4 Å². The lowest BCUT2D eigenvalue weighted by molar-refractivity contribution is 0.102. The van der Waals surface area contributed by atoms with E-state index in [1.165, 1.54) is 26.2 Å². The summed E-state index contributed by atoms with van der Waals surface area (Å²) >= 11 is 6.03. The number of benzene rings is 3. The van der Waals surface area contributed by atoms with Gasteiger partial charge in [0.2, 0.25) is 10.0 Å². The number of rotatable bonds is 7. The van der Waals surface area contributed by atoms with Crippen molar-refractivity contribution in [3.8, 4) is 11.3 Å². The fourth-order valence-electron chi connectivity index (χ4n) is 3.38. The summed E-state index contributed by atoms with van der Waals surface area (Å²) in [6.45, 7) is 0.506. The minimum absolute atomic E-state index is 0.146. The van der Waals surface area contributed by atoms with E-state index in [1.54, 1.807) is 35.1 Å². The minimum atomic E-state index is -3.55. The van der Waals surface area contributed by atoms with Crippen LogP contribution in [0.3, 0.4) is 0 Å². The van der Waals surface area contributed by atoms with Crippen LogP contribution < -0.4 is 5.32 Å². The van der Waals surface area contributed by atoms with Crippen molar-refractivity contribution >= 4 is 33.2 Å². The van der Waals surface area contributed by atoms with Gasteiger partial charge in [-0.2, -0.15) is 5.10 Å². The highest BCUT2D eigenvalue weighted by Crippen LogP contribution is 2.26. The van der Waals surface area contributed by atoms with Crippen molar-refractivity contribution in [1.29, 1.82) is 0 Å². The van der Waals surface area contributed by atoms with Gasteiger partial charge in [0.05, 0.1) is 17.0 Å². The van der Waals surface area contributed by atoms with E-state index < -0.39 is 10.0 Å². The summed E-state index contributed by atoms with van der Waals surface area (Å²) in [6.07, 6.45) is 1.71. The maximum atomic E-state index is 13.2.